The zero-order chi connectivity index (χ0) is 22.6. The Kier molecular flexibility index (Phi) is 9.72. The van der Waals surface area contributed by atoms with Crippen LogP contribution in [0.15, 0.2) is 21.9 Å². The highest BCUT2D eigenvalue weighted by atomic mass is 31.2. The number of carbonyl (C=O) groups is 1. The molecule has 1 saturated heterocycles. The first-order chi connectivity index (χ1) is 13.9. The number of esters is 1. The Morgan fingerprint density at radius 2 is 2.00 bits per heavy atom. The normalized spacial score (nSPS) is 26.2. The summed E-state index contributed by atoms with van der Waals surface area (Å²) in [6, 6.07) is -0.0698. The standard InChI is InChI=1S/C16H26N3O10P.H3N/c1-8(2)6-9(15(23)27-3)18-30(25,26)28-7-10-12(21)13(22)14(29-10)19-5-4-11(20)17-16(19)24;/h4-5,8-10,12-14,21-22H,6-7H2,1-3H3,(H,17,20,24)(H2,18,25,26);1H3/t9-,10+,12+,13+,14+;/m0./s1. The van der Waals surface area contributed by atoms with Gasteiger partial charge in [-0.1, -0.05) is 13.8 Å². The third-order valence-corrected chi connectivity index (χ3v) is 5.53. The summed E-state index contributed by atoms with van der Waals surface area (Å²) in [5, 5.41) is 22.5. The predicted molar refractivity (Wildman–Crippen MR) is 106 cm³/mol. The number of nitrogens with zero attached hydrogens (tertiary/aromatic N) is 1. The largest absolute Gasteiger partial charge is 0.468 e. The van der Waals surface area contributed by atoms with Crippen molar-refractivity contribution in [2.75, 3.05) is 13.7 Å². The van der Waals surface area contributed by atoms with Crippen LogP contribution in [-0.4, -0.2) is 68.7 Å². The van der Waals surface area contributed by atoms with E-state index >= 15 is 0 Å². The van der Waals surface area contributed by atoms with E-state index in [-0.39, 0.29) is 18.5 Å². The first-order valence-electron chi connectivity index (χ1n) is 9.11. The first kappa shape index (κ1) is 27.1. The zero-order valence-corrected chi connectivity index (χ0v) is 18.2. The molecule has 1 aliphatic heterocycles. The van der Waals surface area contributed by atoms with Crippen LogP contribution in [0.25, 0.3) is 0 Å². The van der Waals surface area contributed by atoms with Gasteiger partial charge < -0.3 is 30.7 Å². The number of aliphatic hydroxyl groups is 2. The minimum atomic E-state index is -4.52. The van der Waals surface area contributed by atoms with Crippen LogP contribution in [-0.2, 0) is 23.4 Å². The van der Waals surface area contributed by atoms with Crippen molar-refractivity contribution in [2.24, 2.45) is 5.92 Å². The molecule has 2 rings (SSSR count). The molecule has 1 aromatic heterocycles. The topological polar surface area (TPSA) is 224 Å². The Morgan fingerprint density at radius 1 is 1.35 bits per heavy atom. The zero-order valence-electron chi connectivity index (χ0n) is 17.3. The molecule has 0 bridgehead atoms. The Balaban J connectivity index is 0.00000480. The van der Waals surface area contributed by atoms with Gasteiger partial charge in [-0.3, -0.25) is 23.7 Å². The van der Waals surface area contributed by atoms with Crippen LogP contribution in [0.3, 0.4) is 0 Å². The van der Waals surface area contributed by atoms with Gasteiger partial charge in [-0.25, -0.2) is 14.4 Å². The third-order valence-electron chi connectivity index (χ3n) is 4.39. The fraction of sp³-hybridized carbons (Fsp3) is 0.688. The van der Waals surface area contributed by atoms with E-state index in [4.69, 9.17) is 9.26 Å². The number of aliphatic hydroxyl groups excluding tert-OH is 2. The Morgan fingerprint density at radius 3 is 2.55 bits per heavy atom. The maximum atomic E-state index is 12.3. The summed E-state index contributed by atoms with van der Waals surface area (Å²) in [5.74, 6) is -0.736. The number of nitrogens with one attached hydrogen (secondary N) is 2. The molecule has 0 aromatic carbocycles. The van der Waals surface area contributed by atoms with Crippen molar-refractivity contribution in [3.8, 4) is 0 Å². The van der Waals surface area contributed by atoms with Crippen LogP contribution in [0.5, 0.6) is 0 Å². The number of aromatic nitrogens is 2. The quantitative estimate of drug-likeness (QED) is 0.182. The van der Waals surface area contributed by atoms with Gasteiger partial charge in [0, 0.05) is 12.3 Å². The van der Waals surface area contributed by atoms with Gasteiger partial charge in [0.1, 0.15) is 24.4 Å². The molecule has 0 aliphatic carbocycles. The maximum Gasteiger partial charge on any atom is 0.403 e. The van der Waals surface area contributed by atoms with Gasteiger partial charge in [0.15, 0.2) is 6.23 Å². The predicted octanol–water partition coefficient (Wildman–Crippen LogP) is -1.39. The highest BCUT2D eigenvalue weighted by Gasteiger charge is 2.45. The van der Waals surface area contributed by atoms with Crippen LogP contribution in [0.4, 0.5) is 0 Å². The van der Waals surface area contributed by atoms with E-state index in [0.717, 1.165) is 23.9 Å². The highest BCUT2D eigenvalue weighted by molar-refractivity contribution is 7.50. The van der Waals surface area contributed by atoms with Crippen molar-refractivity contribution >= 4 is 13.7 Å². The van der Waals surface area contributed by atoms with Crippen molar-refractivity contribution in [3.05, 3.63) is 33.1 Å². The van der Waals surface area contributed by atoms with Gasteiger partial charge in [-0.15, -0.1) is 0 Å². The molecule has 6 atom stereocenters. The van der Waals surface area contributed by atoms with Crippen LogP contribution in [0.1, 0.15) is 26.5 Å². The molecule has 1 fully saturated rings. The number of ether oxygens (including phenoxy) is 2. The highest BCUT2D eigenvalue weighted by Crippen LogP contribution is 2.40. The molecule has 15 heteroatoms. The number of hydrogen-bond donors (Lipinski definition) is 6. The lowest BCUT2D eigenvalue weighted by Crippen LogP contribution is -2.38. The third kappa shape index (κ3) is 7.05. The van der Waals surface area contributed by atoms with E-state index in [9.17, 15) is 34.1 Å². The number of H-pyrrole nitrogens is 1. The smallest absolute Gasteiger partial charge is 0.403 e. The van der Waals surface area contributed by atoms with Gasteiger partial charge in [-0.05, 0) is 12.3 Å². The van der Waals surface area contributed by atoms with Gasteiger partial charge in [0.2, 0.25) is 0 Å². The minimum absolute atomic E-state index is 0. The lowest BCUT2D eigenvalue weighted by Gasteiger charge is -2.23. The van der Waals surface area contributed by atoms with Crippen molar-refractivity contribution < 1.29 is 38.5 Å². The molecular weight excluding hydrogens is 439 g/mol. The Labute approximate surface area is 177 Å². The summed E-state index contributed by atoms with van der Waals surface area (Å²) >= 11 is 0. The second-order valence-electron chi connectivity index (χ2n) is 7.21. The summed E-state index contributed by atoms with van der Waals surface area (Å²) in [6.45, 7) is 2.98. The number of carbonyl (C=O) groups excluding carboxylic acids is 1. The second kappa shape index (κ2) is 11.1. The maximum absolute atomic E-state index is 12.3. The molecule has 0 amide bonds. The molecule has 1 aliphatic rings. The van der Waals surface area contributed by atoms with Gasteiger partial charge in [0.05, 0.1) is 13.7 Å². The molecule has 0 radical (unpaired) electrons. The van der Waals surface area contributed by atoms with E-state index in [1.807, 2.05) is 18.8 Å². The molecule has 2 heterocycles. The minimum Gasteiger partial charge on any atom is -0.468 e. The summed E-state index contributed by atoms with van der Waals surface area (Å²) in [6.07, 6.45) is -4.46. The van der Waals surface area contributed by atoms with Crippen molar-refractivity contribution in [1.82, 2.24) is 20.8 Å². The SMILES string of the molecule is COC(=O)[C@H](CC(C)C)NP(=O)(O)OC[C@H]1O[C@@H](n2ccc(=O)[nH]c2=O)[C@H](O)[C@@H]1O.N. The van der Waals surface area contributed by atoms with Crippen LogP contribution < -0.4 is 22.5 Å². The van der Waals surface area contributed by atoms with Crippen molar-refractivity contribution in [1.29, 1.82) is 0 Å². The number of aromatic amines is 1. The molecule has 31 heavy (non-hydrogen) atoms. The van der Waals surface area contributed by atoms with Crippen LogP contribution in [0.2, 0.25) is 0 Å². The van der Waals surface area contributed by atoms with E-state index in [1.54, 1.807) is 0 Å². The van der Waals surface area contributed by atoms with Gasteiger partial charge in [-0.2, -0.15) is 0 Å². The molecule has 0 saturated carbocycles. The monoisotopic (exact) mass is 468 g/mol. The average molecular weight is 468 g/mol. The summed E-state index contributed by atoms with van der Waals surface area (Å²) in [5.41, 5.74) is -1.53. The van der Waals surface area contributed by atoms with Crippen molar-refractivity contribution in [3.63, 3.8) is 0 Å². The molecule has 14 nitrogen and oxygen atoms in total. The second-order valence-corrected chi connectivity index (χ2v) is 8.77. The molecule has 8 N–H and O–H groups in total. The number of methoxy groups -OCH3 is 1. The number of rotatable bonds is 9. The van der Waals surface area contributed by atoms with E-state index in [2.05, 4.69) is 9.82 Å². The average Bonchev–Trinajstić information content (AvgIpc) is 2.93. The van der Waals surface area contributed by atoms with E-state index in [1.165, 1.54) is 0 Å². The summed E-state index contributed by atoms with van der Waals surface area (Å²) < 4.78 is 28.1. The van der Waals surface area contributed by atoms with E-state index < -0.39 is 62.2 Å². The van der Waals surface area contributed by atoms with E-state index in [0.29, 0.717) is 0 Å². The van der Waals surface area contributed by atoms with Gasteiger partial charge in [0.25, 0.3) is 5.56 Å². The van der Waals surface area contributed by atoms with Crippen LogP contribution in [0, 0.1) is 5.92 Å². The summed E-state index contributed by atoms with van der Waals surface area (Å²) in [4.78, 5) is 46.9. The first-order valence-corrected chi connectivity index (χ1v) is 10.7. The molecule has 1 aromatic rings. The lowest BCUT2D eigenvalue weighted by atomic mass is 10.1. The Hall–Kier alpha value is -1.90. The lowest BCUT2D eigenvalue weighted by molar-refractivity contribution is -0.143. The van der Waals surface area contributed by atoms with Crippen molar-refractivity contribution in [2.45, 2.75) is 50.8 Å². The van der Waals surface area contributed by atoms with Gasteiger partial charge >= 0.3 is 19.4 Å². The molecule has 178 valence electrons. The molecule has 0 spiro atoms. The van der Waals surface area contributed by atoms with Crippen LogP contribution >= 0.6 is 7.75 Å². The molecule has 1 unspecified atom stereocenters. The molecular formula is C16H29N4O10P. The fourth-order valence-corrected chi connectivity index (χ4v) is 3.98. The Bertz CT molecular complexity index is 903. The summed E-state index contributed by atoms with van der Waals surface area (Å²) in [7, 11) is -3.38. The fourth-order valence-electron chi connectivity index (χ4n) is 2.95. The number of hydrogen-bond acceptors (Lipinski definition) is 10.